The Morgan fingerprint density at radius 3 is 2.00 bits per heavy atom. The van der Waals surface area contributed by atoms with E-state index in [1.807, 2.05) is 52.3 Å². The van der Waals surface area contributed by atoms with E-state index in [0.717, 1.165) is 42.0 Å². The van der Waals surface area contributed by atoms with Crippen LogP contribution in [-0.4, -0.2) is 65.9 Å². The number of amides is 4. The standard InChI is InChI=1S/C29H38N4O3/c34-27(32-19-15-24(16-20-32)31-29(36)30-23-9-2-1-3-10-23)22-13-17-33(18-14-22)28(35)26-12-6-8-21-7-4-5-11-25(21)26/h4-8,11-12,22-24H,1-3,9-10,13-20H2,(H2,30,31,36). The molecule has 2 aliphatic heterocycles. The lowest BCUT2D eigenvalue weighted by Crippen LogP contribution is -2.52. The summed E-state index contributed by atoms with van der Waals surface area (Å²) >= 11 is 0. The molecule has 3 fully saturated rings. The van der Waals surface area contributed by atoms with Crippen molar-refractivity contribution in [3.8, 4) is 0 Å². The Labute approximate surface area is 213 Å². The van der Waals surface area contributed by atoms with Crippen molar-refractivity contribution < 1.29 is 14.4 Å². The molecule has 1 saturated carbocycles. The number of rotatable bonds is 4. The maximum absolute atomic E-state index is 13.2. The lowest BCUT2D eigenvalue weighted by atomic mass is 9.93. The van der Waals surface area contributed by atoms with Crippen molar-refractivity contribution in [1.29, 1.82) is 0 Å². The van der Waals surface area contributed by atoms with E-state index in [2.05, 4.69) is 10.6 Å². The quantitative estimate of drug-likeness (QED) is 0.670. The summed E-state index contributed by atoms with van der Waals surface area (Å²) in [4.78, 5) is 42.6. The van der Waals surface area contributed by atoms with Crippen molar-refractivity contribution in [2.45, 2.75) is 69.9 Å². The highest BCUT2D eigenvalue weighted by Gasteiger charge is 2.33. The second-order valence-electron chi connectivity index (χ2n) is 10.6. The molecule has 2 aromatic carbocycles. The maximum Gasteiger partial charge on any atom is 0.315 e. The minimum absolute atomic E-state index is 0.0272. The normalized spacial score (nSPS) is 20.3. The SMILES string of the molecule is O=C(NC1CCCCC1)NC1CCN(C(=O)C2CCN(C(=O)c3cccc4ccccc34)CC2)CC1. The zero-order valence-electron chi connectivity index (χ0n) is 21.1. The van der Waals surface area contributed by atoms with Crippen LogP contribution in [-0.2, 0) is 4.79 Å². The van der Waals surface area contributed by atoms with Gasteiger partial charge in [0.25, 0.3) is 5.91 Å². The van der Waals surface area contributed by atoms with E-state index in [1.165, 1.54) is 19.3 Å². The monoisotopic (exact) mass is 490 g/mol. The number of nitrogens with zero attached hydrogens (tertiary/aromatic N) is 2. The molecule has 3 aliphatic rings. The van der Waals surface area contributed by atoms with Crippen LogP contribution in [0.2, 0.25) is 0 Å². The molecule has 5 rings (SSSR count). The summed E-state index contributed by atoms with van der Waals surface area (Å²) in [5.74, 6) is 0.231. The first-order valence-electron chi connectivity index (χ1n) is 13.7. The third-order valence-corrected chi connectivity index (χ3v) is 8.23. The van der Waals surface area contributed by atoms with Gasteiger partial charge in [-0.1, -0.05) is 55.7 Å². The molecule has 2 aromatic rings. The van der Waals surface area contributed by atoms with Gasteiger partial charge >= 0.3 is 6.03 Å². The second-order valence-corrected chi connectivity index (χ2v) is 10.6. The van der Waals surface area contributed by atoms with Gasteiger partial charge in [0.15, 0.2) is 0 Å². The highest BCUT2D eigenvalue weighted by atomic mass is 16.2. The van der Waals surface area contributed by atoms with Gasteiger partial charge in [0, 0.05) is 49.7 Å². The van der Waals surface area contributed by atoms with Gasteiger partial charge < -0.3 is 20.4 Å². The molecule has 36 heavy (non-hydrogen) atoms. The van der Waals surface area contributed by atoms with Crippen molar-refractivity contribution in [3.05, 3.63) is 48.0 Å². The molecule has 0 aromatic heterocycles. The topological polar surface area (TPSA) is 81.8 Å². The second kappa shape index (κ2) is 11.3. The van der Waals surface area contributed by atoms with Crippen LogP contribution in [0.5, 0.6) is 0 Å². The molecule has 0 radical (unpaired) electrons. The van der Waals surface area contributed by atoms with Crippen molar-refractivity contribution in [2.75, 3.05) is 26.2 Å². The van der Waals surface area contributed by atoms with Crippen LogP contribution >= 0.6 is 0 Å². The Balaban J connectivity index is 1.07. The van der Waals surface area contributed by atoms with E-state index in [0.29, 0.717) is 45.1 Å². The summed E-state index contributed by atoms with van der Waals surface area (Å²) in [6, 6.07) is 14.2. The van der Waals surface area contributed by atoms with Crippen LogP contribution in [0.15, 0.2) is 42.5 Å². The van der Waals surface area contributed by atoms with Crippen molar-refractivity contribution in [1.82, 2.24) is 20.4 Å². The van der Waals surface area contributed by atoms with E-state index >= 15 is 0 Å². The number of nitrogens with one attached hydrogen (secondary N) is 2. The predicted molar refractivity (Wildman–Crippen MR) is 141 cm³/mol. The molecule has 0 atom stereocenters. The number of urea groups is 1. The molecule has 2 saturated heterocycles. The molecule has 7 nitrogen and oxygen atoms in total. The number of fused-ring (bicyclic) bond motifs is 1. The van der Waals surface area contributed by atoms with Gasteiger partial charge in [-0.25, -0.2) is 4.79 Å². The minimum atomic E-state index is -0.0603. The highest BCUT2D eigenvalue weighted by molar-refractivity contribution is 6.07. The Kier molecular flexibility index (Phi) is 7.73. The van der Waals surface area contributed by atoms with Gasteiger partial charge in [-0.15, -0.1) is 0 Å². The molecule has 2 heterocycles. The first-order chi connectivity index (χ1) is 17.6. The Bertz CT molecular complexity index is 1080. The number of carbonyl (C=O) groups is 3. The van der Waals surface area contributed by atoms with Crippen molar-refractivity contribution >= 4 is 28.6 Å². The number of likely N-dealkylation sites (tertiary alicyclic amines) is 2. The van der Waals surface area contributed by atoms with Crippen LogP contribution in [0.25, 0.3) is 10.8 Å². The first kappa shape index (κ1) is 24.6. The summed E-state index contributed by atoms with van der Waals surface area (Å²) in [7, 11) is 0. The average molecular weight is 491 g/mol. The zero-order chi connectivity index (χ0) is 24.9. The molecular formula is C29H38N4O3. The fourth-order valence-corrected chi connectivity index (χ4v) is 6.07. The summed E-state index contributed by atoms with van der Waals surface area (Å²) in [5, 5.41) is 8.29. The summed E-state index contributed by atoms with van der Waals surface area (Å²) in [6.45, 7) is 2.58. The Hall–Kier alpha value is -3.09. The van der Waals surface area contributed by atoms with Gasteiger partial charge in [-0.05, 0) is 55.4 Å². The molecule has 1 aliphatic carbocycles. The van der Waals surface area contributed by atoms with Crippen LogP contribution in [0, 0.1) is 5.92 Å². The average Bonchev–Trinajstić information content (AvgIpc) is 2.93. The molecule has 2 N–H and O–H groups in total. The van der Waals surface area contributed by atoms with E-state index in [-0.39, 0.29) is 29.8 Å². The molecule has 0 unspecified atom stereocenters. The molecule has 0 spiro atoms. The number of benzene rings is 2. The number of hydrogen-bond acceptors (Lipinski definition) is 3. The lowest BCUT2D eigenvalue weighted by molar-refractivity contribution is -0.138. The van der Waals surface area contributed by atoms with E-state index in [1.54, 1.807) is 0 Å². The van der Waals surface area contributed by atoms with Crippen molar-refractivity contribution in [2.24, 2.45) is 5.92 Å². The van der Waals surface area contributed by atoms with E-state index < -0.39 is 0 Å². The van der Waals surface area contributed by atoms with E-state index in [9.17, 15) is 14.4 Å². The Morgan fingerprint density at radius 2 is 1.28 bits per heavy atom. The van der Waals surface area contributed by atoms with Gasteiger partial charge in [0.05, 0.1) is 0 Å². The number of piperidine rings is 2. The largest absolute Gasteiger partial charge is 0.342 e. The molecule has 4 amide bonds. The van der Waals surface area contributed by atoms with Crippen molar-refractivity contribution in [3.63, 3.8) is 0 Å². The van der Waals surface area contributed by atoms with Gasteiger partial charge in [0.2, 0.25) is 5.91 Å². The van der Waals surface area contributed by atoms with Crippen LogP contribution in [0.1, 0.15) is 68.1 Å². The molecule has 192 valence electrons. The first-order valence-corrected chi connectivity index (χ1v) is 13.7. The number of carbonyl (C=O) groups excluding carboxylic acids is 3. The Morgan fingerprint density at radius 1 is 0.667 bits per heavy atom. The fraction of sp³-hybridized carbons (Fsp3) is 0.552. The van der Waals surface area contributed by atoms with E-state index in [4.69, 9.17) is 0 Å². The van der Waals surface area contributed by atoms with Crippen LogP contribution in [0.3, 0.4) is 0 Å². The minimum Gasteiger partial charge on any atom is -0.342 e. The van der Waals surface area contributed by atoms with Crippen LogP contribution in [0.4, 0.5) is 4.79 Å². The highest BCUT2D eigenvalue weighted by Crippen LogP contribution is 2.26. The third kappa shape index (κ3) is 5.66. The lowest BCUT2D eigenvalue weighted by Gasteiger charge is -2.37. The molecule has 7 heteroatoms. The summed E-state index contributed by atoms with van der Waals surface area (Å²) < 4.78 is 0. The van der Waals surface area contributed by atoms with Gasteiger partial charge in [-0.3, -0.25) is 9.59 Å². The smallest absolute Gasteiger partial charge is 0.315 e. The predicted octanol–water partition coefficient (Wildman–Crippen LogP) is 4.31. The molecule has 0 bridgehead atoms. The summed E-state index contributed by atoms with van der Waals surface area (Å²) in [6.07, 6.45) is 8.81. The zero-order valence-corrected chi connectivity index (χ0v) is 21.1. The van der Waals surface area contributed by atoms with Gasteiger partial charge in [-0.2, -0.15) is 0 Å². The van der Waals surface area contributed by atoms with Crippen LogP contribution < -0.4 is 10.6 Å². The fourth-order valence-electron chi connectivity index (χ4n) is 6.07. The summed E-state index contributed by atoms with van der Waals surface area (Å²) in [5.41, 5.74) is 0.736. The molecular weight excluding hydrogens is 452 g/mol. The maximum atomic E-state index is 13.2. The van der Waals surface area contributed by atoms with Gasteiger partial charge in [0.1, 0.15) is 0 Å². The number of hydrogen-bond donors (Lipinski definition) is 2. The third-order valence-electron chi connectivity index (χ3n) is 8.23.